The standard InChI is InChI=1S/C21H23N5O2/c27-20(11-15-12-22-18-4-2-1-3-16(15)18)26-6-5-17-19(13-26)23-14-24-21(17)25-7-9-28-10-8-25/h1-4,12,14,22H,5-11,13H2. The largest absolute Gasteiger partial charge is 0.378 e. The summed E-state index contributed by atoms with van der Waals surface area (Å²) in [7, 11) is 0. The van der Waals surface area contributed by atoms with Crippen molar-refractivity contribution >= 4 is 22.6 Å². The number of anilines is 1. The molecule has 2 aliphatic rings. The van der Waals surface area contributed by atoms with Gasteiger partial charge in [0.15, 0.2) is 0 Å². The summed E-state index contributed by atoms with van der Waals surface area (Å²) in [6.07, 6.45) is 4.76. The van der Waals surface area contributed by atoms with E-state index in [1.165, 1.54) is 5.56 Å². The average Bonchev–Trinajstić information content (AvgIpc) is 3.16. The van der Waals surface area contributed by atoms with Crippen LogP contribution in [0.15, 0.2) is 36.8 Å². The molecule has 144 valence electrons. The van der Waals surface area contributed by atoms with E-state index in [9.17, 15) is 4.79 Å². The maximum atomic E-state index is 12.9. The summed E-state index contributed by atoms with van der Waals surface area (Å²) < 4.78 is 5.45. The zero-order chi connectivity index (χ0) is 18.9. The van der Waals surface area contributed by atoms with Gasteiger partial charge in [-0.25, -0.2) is 9.97 Å². The number of rotatable bonds is 3. The van der Waals surface area contributed by atoms with Crippen LogP contribution in [-0.2, 0) is 28.9 Å². The fourth-order valence-electron chi connectivity index (χ4n) is 4.15. The highest BCUT2D eigenvalue weighted by atomic mass is 16.5. The third kappa shape index (κ3) is 3.11. The second-order valence-corrected chi connectivity index (χ2v) is 7.32. The molecule has 2 aromatic heterocycles. The monoisotopic (exact) mass is 377 g/mol. The van der Waals surface area contributed by atoms with E-state index in [0.717, 1.165) is 60.7 Å². The lowest BCUT2D eigenvalue weighted by atomic mass is 10.0. The van der Waals surface area contributed by atoms with E-state index in [0.29, 0.717) is 19.5 Å². The first-order valence-corrected chi connectivity index (χ1v) is 9.78. The highest BCUT2D eigenvalue weighted by Crippen LogP contribution is 2.27. The van der Waals surface area contributed by atoms with Gasteiger partial charge in [-0.1, -0.05) is 18.2 Å². The number of carbonyl (C=O) groups excluding carboxylic acids is 1. The zero-order valence-corrected chi connectivity index (χ0v) is 15.7. The first-order valence-electron chi connectivity index (χ1n) is 9.78. The van der Waals surface area contributed by atoms with Crippen molar-refractivity contribution in [3.63, 3.8) is 0 Å². The Balaban J connectivity index is 1.33. The van der Waals surface area contributed by atoms with Gasteiger partial charge in [0.25, 0.3) is 0 Å². The average molecular weight is 377 g/mol. The van der Waals surface area contributed by atoms with Crippen LogP contribution in [0.2, 0.25) is 0 Å². The van der Waals surface area contributed by atoms with E-state index in [1.54, 1.807) is 6.33 Å². The molecule has 0 unspecified atom stereocenters. The maximum Gasteiger partial charge on any atom is 0.227 e. The van der Waals surface area contributed by atoms with E-state index in [1.807, 2.05) is 29.3 Å². The van der Waals surface area contributed by atoms with Crippen LogP contribution in [0.4, 0.5) is 5.82 Å². The molecule has 0 spiro atoms. The Morgan fingerprint density at radius 1 is 1.14 bits per heavy atom. The highest BCUT2D eigenvalue weighted by Gasteiger charge is 2.27. The number of benzene rings is 1. The normalized spacial score (nSPS) is 17.0. The van der Waals surface area contributed by atoms with Gasteiger partial charge in [-0.05, 0) is 18.1 Å². The number of morpholine rings is 1. The van der Waals surface area contributed by atoms with Crippen LogP contribution in [0.25, 0.3) is 10.9 Å². The number of amides is 1. The second kappa shape index (κ2) is 7.24. The highest BCUT2D eigenvalue weighted by molar-refractivity contribution is 5.89. The number of para-hydroxylation sites is 1. The first kappa shape index (κ1) is 17.2. The van der Waals surface area contributed by atoms with Crippen LogP contribution in [0.3, 0.4) is 0 Å². The van der Waals surface area contributed by atoms with Crippen LogP contribution >= 0.6 is 0 Å². The lowest BCUT2D eigenvalue weighted by molar-refractivity contribution is -0.131. The molecular weight excluding hydrogens is 354 g/mol. The number of fused-ring (bicyclic) bond motifs is 2. The van der Waals surface area contributed by atoms with Gasteiger partial charge in [0.05, 0.1) is 31.9 Å². The van der Waals surface area contributed by atoms with Crippen molar-refractivity contribution in [2.75, 3.05) is 37.7 Å². The van der Waals surface area contributed by atoms with Crippen LogP contribution in [0.5, 0.6) is 0 Å². The summed E-state index contributed by atoms with van der Waals surface area (Å²) in [5.74, 6) is 1.15. The summed E-state index contributed by atoms with van der Waals surface area (Å²) in [5, 5.41) is 1.12. The van der Waals surface area contributed by atoms with Gasteiger partial charge >= 0.3 is 0 Å². The Bertz CT molecular complexity index is 1010. The molecule has 3 aromatic rings. The molecule has 4 heterocycles. The van der Waals surface area contributed by atoms with Crippen molar-refractivity contribution in [3.05, 3.63) is 53.6 Å². The Hall–Kier alpha value is -2.93. The molecule has 0 atom stereocenters. The van der Waals surface area contributed by atoms with Gasteiger partial charge in [-0.2, -0.15) is 0 Å². The molecule has 1 fully saturated rings. The SMILES string of the molecule is O=C(Cc1c[nH]c2ccccc12)N1CCc2c(ncnc2N2CCOCC2)C1. The Labute approximate surface area is 163 Å². The van der Waals surface area contributed by atoms with Crippen LogP contribution in [-0.4, -0.2) is 58.6 Å². The molecule has 2 aliphatic heterocycles. The lowest BCUT2D eigenvalue weighted by Gasteiger charge is -2.33. The summed E-state index contributed by atoms with van der Waals surface area (Å²) in [6.45, 7) is 4.43. The topological polar surface area (TPSA) is 74.4 Å². The van der Waals surface area contributed by atoms with Crippen molar-refractivity contribution < 1.29 is 9.53 Å². The minimum Gasteiger partial charge on any atom is -0.378 e. The summed E-state index contributed by atoms with van der Waals surface area (Å²) in [4.78, 5) is 29.4. The van der Waals surface area contributed by atoms with E-state index in [-0.39, 0.29) is 5.91 Å². The Kier molecular flexibility index (Phi) is 4.44. The van der Waals surface area contributed by atoms with Crippen molar-refractivity contribution in [1.82, 2.24) is 19.9 Å². The molecule has 0 aliphatic carbocycles. The van der Waals surface area contributed by atoms with Gasteiger partial charge in [0.2, 0.25) is 5.91 Å². The third-order valence-electron chi connectivity index (χ3n) is 5.66. The van der Waals surface area contributed by atoms with E-state index >= 15 is 0 Å². The van der Waals surface area contributed by atoms with Gasteiger partial charge in [-0.3, -0.25) is 4.79 Å². The van der Waals surface area contributed by atoms with Crippen LogP contribution in [0, 0.1) is 0 Å². The maximum absolute atomic E-state index is 12.9. The molecule has 0 saturated carbocycles. The molecule has 7 heteroatoms. The number of H-pyrrole nitrogens is 1. The first-order chi connectivity index (χ1) is 13.8. The molecule has 1 saturated heterocycles. The fraction of sp³-hybridized carbons (Fsp3) is 0.381. The summed E-state index contributed by atoms with van der Waals surface area (Å²) in [5.41, 5.74) is 4.26. The van der Waals surface area contributed by atoms with Gasteiger partial charge in [0.1, 0.15) is 12.1 Å². The van der Waals surface area contributed by atoms with E-state index in [4.69, 9.17) is 4.74 Å². The number of ether oxygens (including phenoxy) is 1. The summed E-state index contributed by atoms with van der Waals surface area (Å²) >= 11 is 0. The minimum absolute atomic E-state index is 0.141. The summed E-state index contributed by atoms with van der Waals surface area (Å²) in [6, 6.07) is 8.09. The number of nitrogens with zero attached hydrogens (tertiary/aromatic N) is 4. The number of aromatic nitrogens is 3. The second-order valence-electron chi connectivity index (χ2n) is 7.32. The van der Waals surface area contributed by atoms with E-state index in [2.05, 4.69) is 25.9 Å². The molecular formula is C21H23N5O2. The fourth-order valence-corrected chi connectivity index (χ4v) is 4.15. The molecule has 1 amide bonds. The van der Waals surface area contributed by atoms with Crippen molar-refractivity contribution in [1.29, 1.82) is 0 Å². The van der Waals surface area contributed by atoms with Gasteiger partial charge in [0, 0.05) is 42.3 Å². The molecule has 7 nitrogen and oxygen atoms in total. The third-order valence-corrected chi connectivity index (χ3v) is 5.66. The zero-order valence-electron chi connectivity index (χ0n) is 15.7. The number of nitrogens with one attached hydrogen (secondary N) is 1. The Morgan fingerprint density at radius 3 is 2.89 bits per heavy atom. The molecule has 0 bridgehead atoms. The van der Waals surface area contributed by atoms with Crippen LogP contribution in [0.1, 0.15) is 16.8 Å². The van der Waals surface area contributed by atoms with Crippen LogP contribution < -0.4 is 4.90 Å². The number of aromatic amines is 1. The molecule has 1 aromatic carbocycles. The predicted octanol–water partition coefficient (Wildman–Crippen LogP) is 1.92. The predicted molar refractivity (Wildman–Crippen MR) is 106 cm³/mol. The number of carbonyl (C=O) groups is 1. The quantitative estimate of drug-likeness (QED) is 0.755. The molecule has 28 heavy (non-hydrogen) atoms. The van der Waals surface area contributed by atoms with Crippen molar-refractivity contribution in [2.24, 2.45) is 0 Å². The van der Waals surface area contributed by atoms with Crippen molar-refractivity contribution in [3.8, 4) is 0 Å². The van der Waals surface area contributed by atoms with Crippen molar-refractivity contribution in [2.45, 2.75) is 19.4 Å². The molecule has 1 N–H and O–H groups in total. The lowest BCUT2D eigenvalue weighted by Crippen LogP contribution is -2.41. The van der Waals surface area contributed by atoms with Gasteiger partial charge < -0.3 is 19.5 Å². The number of hydrogen-bond donors (Lipinski definition) is 1. The smallest absolute Gasteiger partial charge is 0.227 e. The molecule has 0 radical (unpaired) electrons. The van der Waals surface area contributed by atoms with Gasteiger partial charge in [-0.15, -0.1) is 0 Å². The number of hydrogen-bond acceptors (Lipinski definition) is 5. The van der Waals surface area contributed by atoms with E-state index < -0.39 is 0 Å². The minimum atomic E-state index is 0.141. The molecule has 5 rings (SSSR count). The Morgan fingerprint density at radius 2 is 2.00 bits per heavy atom.